The first-order valence-corrected chi connectivity index (χ1v) is 5.99. The number of halogens is 2. The number of Topliss-reactive ketones (excluding diaryl/α,β-unsaturated/α-hetero) is 1. The monoisotopic (exact) mass is 256 g/mol. The van der Waals surface area contributed by atoms with Crippen molar-refractivity contribution in [1.29, 1.82) is 0 Å². The Morgan fingerprint density at radius 1 is 1.59 bits per heavy atom. The fourth-order valence-electron chi connectivity index (χ4n) is 1.95. The smallest absolute Gasteiger partial charge is 0.166 e. The molecule has 1 atom stereocenters. The second kappa shape index (κ2) is 5.15. The lowest BCUT2D eigenvalue weighted by Gasteiger charge is -2.13. The van der Waals surface area contributed by atoms with Gasteiger partial charge < -0.3 is 4.74 Å². The molecule has 1 saturated carbocycles. The molecule has 4 heteroatoms. The summed E-state index contributed by atoms with van der Waals surface area (Å²) in [6.45, 7) is 0. The molecule has 1 fully saturated rings. The van der Waals surface area contributed by atoms with Crippen LogP contribution in [0.5, 0.6) is 0 Å². The van der Waals surface area contributed by atoms with Gasteiger partial charge in [0.1, 0.15) is 11.9 Å². The minimum Gasteiger partial charge on any atom is -0.373 e. The quantitative estimate of drug-likeness (QED) is 0.810. The van der Waals surface area contributed by atoms with Crippen molar-refractivity contribution in [3.05, 3.63) is 34.6 Å². The number of rotatable bonds is 5. The third-order valence-electron chi connectivity index (χ3n) is 2.99. The number of hydrogen-bond acceptors (Lipinski definition) is 2. The predicted octanol–water partition coefficient (Wildman–Crippen LogP) is 3.02. The van der Waals surface area contributed by atoms with Crippen LogP contribution in [-0.2, 0) is 16.0 Å². The molecule has 1 unspecified atom stereocenters. The predicted molar refractivity (Wildman–Crippen MR) is 63.6 cm³/mol. The Balaban J connectivity index is 2.08. The number of carbonyl (C=O) groups excluding carboxylic acids is 1. The van der Waals surface area contributed by atoms with Gasteiger partial charge in [-0.15, -0.1) is 0 Å². The molecule has 1 aliphatic rings. The van der Waals surface area contributed by atoms with Crippen LogP contribution in [0.4, 0.5) is 4.39 Å². The summed E-state index contributed by atoms with van der Waals surface area (Å²) in [7, 11) is 1.52. The highest BCUT2D eigenvalue weighted by molar-refractivity contribution is 6.30. The van der Waals surface area contributed by atoms with Gasteiger partial charge in [0.25, 0.3) is 0 Å². The topological polar surface area (TPSA) is 26.3 Å². The summed E-state index contributed by atoms with van der Waals surface area (Å²) in [5, 5.41) is 0.439. The van der Waals surface area contributed by atoms with Crippen molar-refractivity contribution in [3.63, 3.8) is 0 Å². The summed E-state index contributed by atoms with van der Waals surface area (Å²) in [6.07, 6.45) is 1.68. The Labute approximate surface area is 105 Å². The number of ether oxygens (including phenoxy) is 1. The number of ketones is 1. The molecule has 1 aliphatic carbocycles. The molecule has 0 aromatic heterocycles. The van der Waals surface area contributed by atoms with Crippen LogP contribution in [0.25, 0.3) is 0 Å². The van der Waals surface area contributed by atoms with Gasteiger partial charge in [0.2, 0.25) is 0 Å². The van der Waals surface area contributed by atoms with E-state index in [1.807, 2.05) is 0 Å². The van der Waals surface area contributed by atoms with Crippen molar-refractivity contribution >= 4 is 17.4 Å². The third-order valence-corrected chi connectivity index (χ3v) is 3.23. The van der Waals surface area contributed by atoms with Crippen molar-refractivity contribution in [2.45, 2.75) is 25.4 Å². The summed E-state index contributed by atoms with van der Waals surface area (Å²) in [5.74, 6) is -0.153. The Bertz CT molecular complexity index is 429. The lowest BCUT2D eigenvalue weighted by atomic mass is 10.0. The second-order valence-corrected chi connectivity index (χ2v) is 4.81. The van der Waals surface area contributed by atoms with E-state index < -0.39 is 11.9 Å². The highest BCUT2D eigenvalue weighted by atomic mass is 35.5. The first-order chi connectivity index (χ1) is 8.11. The van der Waals surface area contributed by atoms with Crippen molar-refractivity contribution < 1.29 is 13.9 Å². The van der Waals surface area contributed by atoms with Gasteiger partial charge in [-0.25, -0.2) is 4.39 Å². The van der Waals surface area contributed by atoms with E-state index in [-0.39, 0.29) is 12.2 Å². The lowest BCUT2D eigenvalue weighted by Crippen LogP contribution is -2.27. The first-order valence-electron chi connectivity index (χ1n) is 5.61. The van der Waals surface area contributed by atoms with E-state index in [0.29, 0.717) is 16.5 Å². The van der Waals surface area contributed by atoms with Gasteiger partial charge in [-0.1, -0.05) is 11.6 Å². The van der Waals surface area contributed by atoms with Crippen LogP contribution in [-0.4, -0.2) is 19.0 Å². The maximum atomic E-state index is 13.5. The van der Waals surface area contributed by atoms with Crippen LogP contribution in [0.15, 0.2) is 18.2 Å². The van der Waals surface area contributed by atoms with Crippen LogP contribution < -0.4 is 0 Å². The molecular formula is C13H14ClFO2. The van der Waals surface area contributed by atoms with Crippen molar-refractivity contribution in [2.75, 3.05) is 7.11 Å². The van der Waals surface area contributed by atoms with E-state index in [9.17, 15) is 9.18 Å². The normalized spacial score (nSPS) is 16.9. The zero-order valence-electron chi connectivity index (χ0n) is 9.58. The van der Waals surface area contributed by atoms with Crippen LogP contribution in [0.2, 0.25) is 5.02 Å². The average Bonchev–Trinajstić information content (AvgIpc) is 3.09. The number of methoxy groups -OCH3 is 1. The fraction of sp³-hybridized carbons (Fsp3) is 0.462. The van der Waals surface area contributed by atoms with E-state index in [1.54, 1.807) is 0 Å². The number of carbonyl (C=O) groups is 1. The third kappa shape index (κ3) is 3.05. The van der Waals surface area contributed by atoms with E-state index >= 15 is 0 Å². The molecule has 0 heterocycles. The van der Waals surface area contributed by atoms with E-state index in [1.165, 1.54) is 25.3 Å². The summed E-state index contributed by atoms with van der Waals surface area (Å²) in [6, 6.07) is 4.25. The van der Waals surface area contributed by atoms with Crippen LogP contribution in [0.1, 0.15) is 18.4 Å². The Morgan fingerprint density at radius 3 is 2.88 bits per heavy atom. The van der Waals surface area contributed by atoms with Gasteiger partial charge >= 0.3 is 0 Å². The minimum atomic E-state index is -0.395. The van der Waals surface area contributed by atoms with Crippen molar-refractivity contribution in [3.8, 4) is 0 Å². The molecule has 1 aromatic rings. The second-order valence-electron chi connectivity index (χ2n) is 4.37. The molecule has 0 radical (unpaired) electrons. The lowest BCUT2D eigenvalue weighted by molar-refractivity contribution is -0.129. The number of hydrogen-bond donors (Lipinski definition) is 0. The van der Waals surface area contributed by atoms with E-state index in [2.05, 4.69) is 0 Å². The van der Waals surface area contributed by atoms with E-state index in [0.717, 1.165) is 12.8 Å². The molecule has 0 N–H and O–H groups in total. The summed E-state index contributed by atoms with van der Waals surface area (Å²) >= 11 is 5.78. The molecular weight excluding hydrogens is 243 g/mol. The summed E-state index contributed by atoms with van der Waals surface area (Å²) < 4.78 is 18.6. The van der Waals surface area contributed by atoms with Gasteiger partial charge in [0, 0.05) is 18.6 Å². The minimum absolute atomic E-state index is 0.0431. The molecule has 17 heavy (non-hydrogen) atoms. The zero-order chi connectivity index (χ0) is 12.4. The molecule has 0 saturated heterocycles. The maximum Gasteiger partial charge on any atom is 0.166 e. The molecule has 0 spiro atoms. The average molecular weight is 257 g/mol. The molecule has 0 aliphatic heterocycles. The first kappa shape index (κ1) is 12.5. The highest BCUT2D eigenvalue weighted by Gasteiger charge is 2.36. The Hall–Kier alpha value is -0.930. The highest BCUT2D eigenvalue weighted by Crippen LogP contribution is 2.35. The van der Waals surface area contributed by atoms with Gasteiger partial charge in [-0.2, -0.15) is 0 Å². The van der Waals surface area contributed by atoms with E-state index in [4.69, 9.17) is 16.3 Å². The maximum absolute atomic E-state index is 13.5. The molecule has 1 aromatic carbocycles. The van der Waals surface area contributed by atoms with Gasteiger partial charge in [-0.3, -0.25) is 4.79 Å². The fourth-order valence-corrected chi connectivity index (χ4v) is 2.15. The zero-order valence-corrected chi connectivity index (χ0v) is 10.3. The van der Waals surface area contributed by atoms with Crippen LogP contribution in [0, 0.1) is 11.7 Å². The molecule has 92 valence electrons. The largest absolute Gasteiger partial charge is 0.373 e. The SMILES string of the molecule is COC(C(=O)Cc1cc(Cl)ccc1F)C1CC1. The summed E-state index contributed by atoms with van der Waals surface area (Å²) in [4.78, 5) is 12.0. The summed E-state index contributed by atoms with van der Waals surface area (Å²) in [5.41, 5.74) is 0.338. The van der Waals surface area contributed by atoms with Crippen molar-refractivity contribution in [2.24, 2.45) is 5.92 Å². The van der Waals surface area contributed by atoms with Gasteiger partial charge in [0.05, 0.1) is 0 Å². The molecule has 2 rings (SSSR count). The standard InChI is InChI=1S/C13H14ClFO2/c1-17-13(8-2-3-8)12(16)7-9-6-10(14)4-5-11(9)15/h4-6,8,13H,2-3,7H2,1H3. The molecule has 2 nitrogen and oxygen atoms in total. The Kier molecular flexibility index (Phi) is 3.79. The van der Waals surface area contributed by atoms with Crippen LogP contribution >= 0.6 is 11.6 Å². The van der Waals surface area contributed by atoms with Gasteiger partial charge in [0.15, 0.2) is 5.78 Å². The number of benzene rings is 1. The Morgan fingerprint density at radius 2 is 2.29 bits per heavy atom. The molecule has 0 amide bonds. The van der Waals surface area contributed by atoms with Gasteiger partial charge in [-0.05, 0) is 42.5 Å². The molecule has 0 bridgehead atoms. The van der Waals surface area contributed by atoms with Crippen LogP contribution in [0.3, 0.4) is 0 Å². The van der Waals surface area contributed by atoms with Crippen molar-refractivity contribution in [1.82, 2.24) is 0 Å².